The maximum absolute atomic E-state index is 12.8. The van der Waals surface area contributed by atoms with E-state index in [2.05, 4.69) is 20.3 Å². The first-order chi connectivity index (χ1) is 15.1. The zero-order chi connectivity index (χ0) is 21.6. The fourth-order valence-corrected chi connectivity index (χ4v) is 3.66. The summed E-state index contributed by atoms with van der Waals surface area (Å²) in [5.41, 5.74) is 2.08. The van der Waals surface area contributed by atoms with Crippen LogP contribution in [0.25, 0.3) is 0 Å². The van der Waals surface area contributed by atoms with Crippen LogP contribution >= 0.6 is 0 Å². The topological polar surface area (TPSA) is 93.1 Å². The summed E-state index contributed by atoms with van der Waals surface area (Å²) in [6, 6.07) is 7.75. The predicted molar refractivity (Wildman–Crippen MR) is 117 cm³/mol. The zero-order valence-electron chi connectivity index (χ0n) is 17.7. The summed E-state index contributed by atoms with van der Waals surface area (Å²) in [4.78, 5) is 31.9. The van der Waals surface area contributed by atoms with Crippen molar-refractivity contribution in [3.05, 3.63) is 66.5 Å². The van der Waals surface area contributed by atoms with E-state index in [0.29, 0.717) is 30.5 Å². The number of rotatable bonds is 6. The molecule has 0 aliphatic carbocycles. The van der Waals surface area contributed by atoms with E-state index in [1.54, 1.807) is 37.9 Å². The van der Waals surface area contributed by atoms with Crippen LogP contribution in [0.5, 0.6) is 5.75 Å². The lowest BCUT2D eigenvalue weighted by Gasteiger charge is -2.33. The van der Waals surface area contributed by atoms with E-state index in [9.17, 15) is 4.79 Å². The first-order valence-electron chi connectivity index (χ1n) is 10.5. The minimum Gasteiger partial charge on any atom is -0.481 e. The molecule has 1 aromatic carbocycles. The fourth-order valence-electron chi connectivity index (χ4n) is 3.66. The zero-order valence-corrected chi connectivity index (χ0v) is 17.7. The predicted octanol–water partition coefficient (Wildman–Crippen LogP) is 3.49. The van der Waals surface area contributed by atoms with Gasteiger partial charge in [0, 0.05) is 37.6 Å². The number of nitrogens with one attached hydrogen (secondary N) is 1. The van der Waals surface area contributed by atoms with Crippen molar-refractivity contribution in [2.45, 2.75) is 38.7 Å². The van der Waals surface area contributed by atoms with Crippen LogP contribution in [0.3, 0.4) is 0 Å². The van der Waals surface area contributed by atoms with Crippen molar-refractivity contribution in [3.8, 4) is 5.75 Å². The van der Waals surface area contributed by atoms with Gasteiger partial charge >= 0.3 is 0 Å². The maximum atomic E-state index is 12.8. The molecule has 0 bridgehead atoms. The number of anilines is 2. The Morgan fingerprint density at radius 2 is 1.81 bits per heavy atom. The van der Waals surface area contributed by atoms with Gasteiger partial charge in [0.2, 0.25) is 0 Å². The molecule has 1 aliphatic heterocycles. The number of piperidine rings is 1. The van der Waals surface area contributed by atoms with Crippen LogP contribution in [0.4, 0.5) is 11.6 Å². The molecule has 31 heavy (non-hydrogen) atoms. The van der Waals surface area contributed by atoms with Gasteiger partial charge < -0.3 is 15.0 Å². The second kappa shape index (κ2) is 9.51. The highest BCUT2D eigenvalue weighted by atomic mass is 16.5. The lowest BCUT2D eigenvalue weighted by molar-refractivity contribution is -0.139. The van der Waals surface area contributed by atoms with E-state index >= 15 is 0 Å². The summed E-state index contributed by atoms with van der Waals surface area (Å²) in [7, 11) is 0. The molecule has 1 saturated heterocycles. The molecule has 4 rings (SSSR count). The Morgan fingerprint density at radius 3 is 2.52 bits per heavy atom. The minimum atomic E-state index is -0.515. The maximum Gasteiger partial charge on any atom is 0.263 e. The van der Waals surface area contributed by atoms with Crippen LogP contribution in [0.15, 0.2) is 55.2 Å². The standard InChI is InChI=1S/C23H26N6O2/c1-16-3-5-19(6-4-16)31-17(2)23(30)29-11-7-18(8-12-29)20-13-25-15-22(27-20)28-21-14-24-9-10-26-21/h3-6,9-10,13-15,17-18H,7-8,11-12H2,1-2H3,(H,26,27,28). The number of hydrogen-bond donors (Lipinski definition) is 1. The van der Waals surface area contributed by atoms with Gasteiger partial charge in [-0.1, -0.05) is 17.7 Å². The van der Waals surface area contributed by atoms with E-state index in [-0.39, 0.29) is 11.8 Å². The van der Waals surface area contributed by atoms with Crippen molar-refractivity contribution < 1.29 is 9.53 Å². The number of likely N-dealkylation sites (tertiary alicyclic amines) is 1. The third kappa shape index (κ3) is 5.33. The smallest absolute Gasteiger partial charge is 0.263 e. The minimum absolute atomic E-state index is 0.0168. The van der Waals surface area contributed by atoms with Crippen molar-refractivity contribution in [2.75, 3.05) is 18.4 Å². The number of carbonyl (C=O) groups is 1. The van der Waals surface area contributed by atoms with Crippen LogP contribution in [-0.2, 0) is 4.79 Å². The van der Waals surface area contributed by atoms with E-state index in [0.717, 1.165) is 24.1 Å². The molecule has 2 aromatic heterocycles. The van der Waals surface area contributed by atoms with Crippen LogP contribution < -0.4 is 10.1 Å². The van der Waals surface area contributed by atoms with Crippen molar-refractivity contribution >= 4 is 17.5 Å². The fraction of sp³-hybridized carbons (Fsp3) is 0.348. The molecule has 8 nitrogen and oxygen atoms in total. The SMILES string of the molecule is Cc1ccc(OC(C)C(=O)N2CCC(c3cncc(Nc4cnccn4)n3)CC2)cc1. The molecular formula is C23H26N6O2. The summed E-state index contributed by atoms with van der Waals surface area (Å²) in [6.07, 6.45) is 9.51. The molecule has 1 N–H and O–H groups in total. The van der Waals surface area contributed by atoms with Gasteiger partial charge in [0.05, 0.1) is 18.1 Å². The summed E-state index contributed by atoms with van der Waals surface area (Å²) in [5, 5.41) is 3.12. The number of amides is 1. The summed E-state index contributed by atoms with van der Waals surface area (Å²) in [5.74, 6) is 2.24. The van der Waals surface area contributed by atoms with Gasteiger partial charge in [-0.15, -0.1) is 0 Å². The second-order valence-corrected chi connectivity index (χ2v) is 7.72. The van der Waals surface area contributed by atoms with Crippen molar-refractivity contribution in [1.82, 2.24) is 24.8 Å². The number of hydrogen-bond acceptors (Lipinski definition) is 7. The lowest BCUT2D eigenvalue weighted by Crippen LogP contribution is -2.44. The molecular weight excluding hydrogens is 392 g/mol. The Kier molecular flexibility index (Phi) is 6.35. The quantitative estimate of drug-likeness (QED) is 0.655. The normalized spacial score (nSPS) is 15.4. The van der Waals surface area contributed by atoms with Gasteiger partial charge in [0.15, 0.2) is 6.10 Å². The monoisotopic (exact) mass is 418 g/mol. The van der Waals surface area contributed by atoms with Crippen LogP contribution in [-0.4, -0.2) is 49.9 Å². The molecule has 1 amide bonds. The number of aryl methyl sites for hydroxylation is 1. The van der Waals surface area contributed by atoms with Gasteiger partial charge in [-0.3, -0.25) is 14.8 Å². The third-order valence-electron chi connectivity index (χ3n) is 5.38. The highest BCUT2D eigenvalue weighted by Gasteiger charge is 2.28. The highest BCUT2D eigenvalue weighted by molar-refractivity contribution is 5.81. The molecule has 0 saturated carbocycles. The number of benzene rings is 1. The lowest BCUT2D eigenvalue weighted by atomic mass is 9.93. The highest BCUT2D eigenvalue weighted by Crippen LogP contribution is 2.28. The molecule has 0 radical (unpaired) electrons. The van der Waals surface area contributed by atoms with Gasteiger partial charge in [0.1, 0.15) is 17.4 Å². The Labute approximate surface area is 181 Å². The first kappa shape index (κ1) is 20.7. The van der Waals surface area contributed by atoms with Crippen LogP contribution in [0, 0.1) is 6.92 Å². The van der Waals surface area contributed by atoms with Crippen molar-refractivity contribution in [1.29, 1.82) is 0 Å². The Morgan fingerprint density at radius 1 is 1.06 bits per heavy atom. The van der Waals surface area contributed by atoms with Gasteiger partial charge in [0.25, 0.3) is 5.91 Å². The van der Waals surface area contributed by atoms with Crippen LogP contribution in [0.2, 0.25) is 0 Å². The molecule has 3 aromatic rings. The third-order valence-corrected chi connectivity index (χ3v) is 5.38. The molecule has 160 valence electrons. The molecule has 3 heterocycles. The Bertz CT molecular complexity index is 1000. The van der Waals surface area contributed by atoms with Gasteiger partial charge in [-0.05, 0) is 38.8 Å². The Balaban J connectivity index is 1.32. The van der Waals surface area contributed by atoms with Crippen LogP contribution in [0.1, 0.15) is 36.9 Å². The van der Waals surface area contributed by atoms with E-state index in [4.69, 9.17) is 9.72 Å². The van der Waals surface area contributed by atoms with Gasteiger partial charge in [-0.25, -0.2) is 9.97 Å². The molecule has 1 aliphatic rings. The average Bonchev–Trinajstić information content (AvgIpc) is 2.81. The second-order valence-electron chi connectivity index (χ2n) is 7.72. The molecule has 1 fully saturated rings. The van der Waals surface area contributed by atoms with E-state index in [1.165, 1.54) is 0 Å². The number of aromatic nitrogens is 4. The molecule has 8 heteroatoms. The summed E-state index contributed by atoms with van der Waals surface area (Å²) in [6.45, 7) is 5.18. The number of nitrogens with zero attached hydrogens (tertiary/aromatic N) is 5. The number of ether oxygens (including phenoxy) is 1. The Hall–Kier alpha value is -3.55. The molecule has 0 spiro atoms. The summed E-state index contributed by atoms with van der Waals surface area (Å²) < 4.78 is 5.84. The largest absolute Gasteiger partial charge is 0.481 e. The van der Waals surface area contributed by atoms with E-state index < -0.39 is 6.10 Å². The van der Waals surface area contributed by atoms with Crippen molar-refractivity contribution in [2.24, 2.45) is 0 Å². The molecule has 1 unspecified atom stereocenters. The molecule has 1 atom stereocenters. The first-order valence-corrected chi connectivity index (χ1v) is 10.5. The van der Waals surface area contributed by atoms with Gasteiger partial charge in [-0.2, -0.15) is 0 Å². The van der Waals surface area contributed by atoms with E-state index in [1.807, 2.05) is 36.1 Å². The average molecular weight is 419 g/mol. The summed E-state index contributed by atoms with van der Waals surface area (Å²) >= 11 is 0. The van der Waals surface area contributed by atoms with Crippen molar-refractivity contribution in [3.63, 3.8) is 0 Å². The number of carbonyl (C=O) groups excluding carboxylic acids is 1.